The van der Waals surface area contributed by atoms with Gasteiger partial charge in [0.2, 0.25) is 15.6 Å². The van der Waals surface area contributed by atoms with Crippen LogP contribution in [0.25, 0.3) is 0 Å². The molecule has 0 aromatic carbocycles. The number of hydrogen-bond acceptors (Lipinski definition) is 4. The largest absolute Gasteiger partial charge is 0.469 e. The number of pyridine rings is 1. The molecule has 2 heterocycles. The minimum atomic E-state index is -3.63. The molecule has 0 amide bonds. The Morgan fingerprint density at radius 1 is 1.32 bits per heavy atom. The highest BCUT2D eigenvalue weighted by atomic mass is 32.2. The molecule has 0 radical (unpaired) electrons. The summed E-state index contributed by atoms with van der Waals surface area (Å²) in [6, 6.07) is 4.20. The van der Waals surface area contributed by atoms with E-state index >= 15 is 0 Å². The molecule has 0 saturated heterocycles. The van der Waals surface area contributed by atoms with Crippen molar-refractivity contribution in [1.29, 1.82) is 0 Å². The van der Waals surface area contributed by atoms with Crippen molar-refractivity contribution >= 4 is 10.0 Å². The van der Waals surface area contributed by atoms with Gasteiger partial charge in [-0.2, -0.15) is 4.31 Å². The van der Waals surface area contributed by atoms with Crippen LogP contribution < -0.4 is 5.56 Å². The second-order valence-electron chi connectivity index (χ2n) is 4.15. The summed E-state index contributed by atoms with van der Waals surface area (Å²) in [6.45, 7) is 1.99. The minimum absolute atomic E-state index is 0.0516. The Hall–Kier alpha value is -1.86. The summed E-state index contributed by atoms with van der Waals surface area (Å²) in [5.74, 6) is 0.684. The van der Waals surface area contributed by atoms with Crippen LogP contribution >= 0.6 is 0 Å². The number of aryl methyl sites for hydroxylation is 1. The van der Waals surface area contributed by atoms with Crippen molar-refractivity contribution < 1.29 is 12.8 Å². The molecule has 2 aromatic rings. The maximum Gasteiger partial charge on any atom is 0.247 e. The van der Waals surface area contributed by atoms with Gasteiger partial charge >= 0.3 is 0 Å². The molecule has 0 spiro atoms. The van der Waals surface area contributed by atoms with Gasteiger partial charge in [-0.15, -0.1) is 0 Å². The predicted octanol–water partition coefficient (Wildman–Crippen LogP) is 1.10. The van der Waals surface area contributed by atoms with Crippen molar-refractivity contribution in [3.8, 4) is 0 Å². The Morgan fingerprint density at radius 3 is 2.58 bits per heavy atom. The second kappa shape index (κ2) is 5.02. The number of rotatable bonds is 4. The molecular formula is C12H14N2O4S. The lowest BCUT2D eigenvalue weighted by Crippen LogP contribution is -2.27. The van der Waals surface area contributed by atoms with E-state index in [0.29, 0.717) is 5.76 Å². The average Bonchev–Trinajstić information content (AvgIpc) is 2.75. The van der Waals surface area contributed by atoms with Crippen molar-refractivity contribution in [3.05, 3.63) is 52.3 Å². The Labute approximate surface area is 110 Å². The Balaban J connectivity index is 2.27. The molecular weight excluding hydrogens is 268 g/mol. The van der Waals surface area contributed by atoms with Gasteiger partial charge in [0.05, 0.1) is 11.2 Å². The lowest BCUT2D eigenvalue weighted by atomic mass is 10.3. The number of hydrogen-bond donors (Lipinski definition) is 1. The van der Waals surface area contributed by atoms with E-state index in [1.807, 2.05) is 0 Å². The van der Waals surface area contributed by atoms with Gasteiger partial charge in [0, 0.05) is 31.4 Å². The maximum absolute atomic E-state index is 12.3. The zero-order chi connectivity index (χ0) is 14.0. The van der Waals surface area contributed by atoms with Crippen molar-refractivity contribution in [2.75, 3.05) is 7.05 Å². The first-order valence-corrected chi connectivity index (χ1v) is 7.03. The third-order valence-corrected chi connectivity index (χ3v) is 4.62. The number of H-pyrrole nitrogens is 1. The number of nitrogens with zero attached hydrogens (tertiary/aromatic N) is 1. The quantitative estimate of drug-likeness (QED) is 0.910. The lowest BCUT2D eigenvalue weighted by molar-refractivity contribution is 0.458. The van der Waals surface area contributed by atoms with E-state index in [-0.39, 0.29) is 17.0 Å². The second-order valence-corrected chi connectivity index (χ2v) is 6.20. The summed E-state index contributed by atoms with van der Waals surface area (Å²) in [7, 11) is -2.15. The first-order valence-electron chi connectivity index (χ1n) is 5.59. The number of furan rings is 1. The van der Waals surface area contributed by atoms with Gasteiger partial charge < -0.3 is 9.40 Å². The molecule has 0 bridgehead atoms. The molecule has 6 nitrogen and oxygen atoms in total. The smallest absolute Gasteiger partial charge is 0.247 e. The van der Waals surface area contributed by atoms with Crippen LogP contribution in [0.15, 0.2) is 44.8 Å². The van der Waals surface area contributed by atoms with Crippen molar-refractivity contribution in [3.63, 3.8) is 0 Å². The number of nitrogens with one attached hydrogen (secondary N) is 1. The van der Waals surface area contributed by atoms with Gasteiger partial charge in [-0.3, -0.25) is 4.79 Å². The molecule has 0 unspecified atom stereocenters. The Bertz CT molecular complexity index is 710. The standard InChI is InChI=1S/C12H14N2O4S/c1-9-10(5-6-18-9)8-14(2)19(16,17)11-3-4-12(15)13-7-11/h3-7H,8H2,1-2H3,(H,13,15). The van der Waals surface area contributed by atoms with Crippen LogP contribution in [0, 0.1) is 6.92 Å². The predicted molar refractivity (Wildman–Crippen MR) is 69.2 cm³/mol. The van der Waals surface area contributed by atoms with Crippen LogP contribution in [0.1, 0.15) is 11.3 Å². The molecule has 7 heteroatoms. The van der Waals surface area contributed by atoms with E-state index < -0.39 is 10.0 Å². The van der Waals surface area contributed by atoms with Gasteiger partial charge in [0.25, 0.3) is 0 Å². The molecule has 19 heavy (non-hydrogen) atoms. The van der Waals surface area contributed by atoms with E-state index in [9.17, 15) is 13.2 Å². The monoisotopic (exact) mass is 282 g/mol. The summed E-state index contributed by atoms with van der Waals surface area (Å²) in [5, 5.41) is 0. The van der Waals surface area contributed by atoms with Crippen LogP contribution in [-0.2, 0) is 16.6 Å². The molecule has 0 aliphatic carbocycles. The molecule has 2 aromatic heterocycles. The molecule has 102 valence electrons. The third-order valence-electron chi connectivity index (χ3n) is 2.82. The third kappa shape index (κ3) is 2.77. The zero-order valence-corrected chi connectivity index (χ0v) is 11.4. The van der Waals surface area contributed by atoms with Crippen LogP contribution in [0.2, 0.25) is 0 Å². The van der Waals surface area contributed by atoms with Crippen LogP contribution in [0.5, 0.6) is 0 Å². The fourth-order valence-electron chi connectivity index (χ4n) is 1.64. The van der Waals surface area contributed by atoms with Crippen LogP contribution in [0.3, 0.4) is 0 Å². The first-order chi connectivity index (χ1) is 8.91. The summed E-state index contributed by atoms with van der Waals surface area (Å²) in [4.78, 5) is 13.3. The van der Waals surface area contributed by atoms with Crippen molar-refractivity contribution in [1.82, 2.24) is 9.29 Å². The van der Waals surface area contributed by atoms with E-state index in [4.69, 9.17) is 4.42 Å². The van der Waals surface area contributed by atoms with Gasteiger partial charge in [-0.05, 0) is 19.1 Å². The number of aromatic nitrogens is 1. The maximum atomic E-state index is 12.3. The molecule has 1 N–H and O–H groups in total. The Kier molecular flexibility index (Phi) is 3.59. The van der Waals surface area contributed by atoms with E-state index in [2.05, 4.69) is 4.98 Å². The van der Waals surface area contributed by atoms with Gasteiger partial charge in [-0.25, -0.2) is 8.42 Å². The highest BCUT2D eigenvalue weighted by Crippen LogP contribution is 2.17. The topological polar surface area (TPSA) is 83.4 Å². The van der Waals surface area contributed by atoms with Crippen molar-refractivity contribution in [2.24, 2.45) is 0 Å². The summed E-state index contributed by atoms with van der Waals surface area (Å²) < 4.78 is 30.8. The summed E-state index contributed by atoms with van der Waals surface area (Å²) in [6.07, 6.45) is 2.71. The molecule has 2 rings (SSSR count). The van der Waals surface area contributed by atoms with E-state index in [0.717, 1.165) is 5.56 Å². The first kappa shape index (κ1) is 13.6. The van der Waals surface area contributed by atoms with E-state index in [1.54, 1.807) is 13.0 Å². The normalized spacial score (nSPS) is 11.9. The van der Waals surface area contributed by atoms with Gasteiger partial charge in [0.15, 0.2) is 0 Å². The molecule has 0 atom stereocenters. The SMILES string of the molecule is Cc1occc1CN(C)S(=O)(=O)c1ccc(=O)[nH]c1. The Morgan fingerprint density at radius 2 is 2.05 bits per heavy atom. The van der Waals surface area contributed by atoms with Crippen LogP contribution in [-0.4, -0.2) is 24.8 Å². The summed E-state index contributed by atoms with van der Waals surface area (Å²) >= 11 is 0. The molecule has 0 saturated carbocycles. The van der Waals surface area contributed by atoms with Crippen molar-refractivity contribution in [2.45, 2.75) is 18.4 Å². The molecule has 0 aliphatic rings. The summed E-state index contributed by atoms with van der Waals surface area (Å²) in [5.41, 5.74) is 0.461. The van der Waals surface area contributed by atoms with Gasteiger partial charge in [0.1, 0.15) is 5.76 Å². The number of sulfonamides is 1. The van der Waals surface area contributed by atoms with Gasteiger partial charge in [-0.1, -0.05) is 0 Å². The average molecular weight is 282 g/mol. The fraction of sp³-hybridized carbons (Fsp3) is 0.250. The minimum Gasteiger partial charge on any atom is -0.469 e. The van der Waals surface area contributed by atoms with E-state index in [1.165, 1.54) is 35.9 Å². The fourth-order valence-corrected chi connectivity index (χ4v) is 2.75. The molecule has 0 aliphatic heterocycles. The number of aromatic amines is 1. The zero-order valence-electron chi connectivity index (χ0n) is 10.6. The highest BCUT2D eigenvalue weighted by molar-refractivity contribution is 7.89. The highest BCUT2D eigenvalue weighted by Gasteiger charge is 2.21. The molecule has 0 fully saturated rings. The van der Waals surface area contributed by atoms with Crippen LogP contribution in [0.4, 0.5) is 0 Å². The lowest BCUT2D eigenvalue weighted by Gasteiger charge is -2.16.